The van der Waals surface area contributed by atoms with Crippen LogP contribution < -0.4 is 5.32 Å². The van der Waals surface area contributed by atoms with Gasteiger partial charge in [-0.3, -0.25) is 4.79 Å². The van der Waals surface area contributed by atoms with E-state index in [9.17, 15) is 22.4 Å². The van der Waals surface area contributed by atoms with E-state index < -0.39 is 30.3 Å². The van der Waals surface area contributed by atoms with Gasteiger partial charge in [0.2, 0.25) is 11.7 Å². The van der Waals surface area contributed by atoms with Crippen LogP contribution >= 0.6 is 11.6 Å². The fourth-order valence-electron chi connectivity index (χ4n) is 2.38. The van der Waals surface area contributed by atoms with E-state index in [0.717, 1.165) is 10.6 Å². The molecule has 0 radical (unpaired) electrons. The first-order chi connectivity index (χ1) is 11.8. The highest BCUT2D eigenvalue weighted by molar-refractivity contribution is 6.30. The van der Waals surface area contributed by atoms with Gasteiger partial charge in [-0.15, -0.1) is 0 Å². The van der Waals surface area contributed by atoms with Gasteiger partial charge in [-0.05, 0) is 30.3 Å². The Kier molecular flexibility index (Phi) is 4.38. The molecule has 0 unspecified atom stereocenters. The zero-order chi connectivity index (χ0) is 18.2. The van der Waals surface area contributed by atoms with E-state index in [-0.39, 0.29) is 21.7 Å². The molecule has 0 bridgehead atoms. The molecule has 1 heterocycles. The molecule has 130 valence electrons. The molecule has 3 aromatic rings. The van der Waals surface area contributed by atoms with Crippen molar-refractivity contribution in [1.29, 1.82) is 0 Å². The lowest BCUT2D eigenvalue weighted by molar-refractivity contribution is -0.147. The Morgan fingerprint density at radius 2 is 1.92 bits per heavy atom. The first-order valence-corrected chi connectivity index (χ1v) is 7.41. The first-order valence-electron chi connectivity index (χ1n) is 7.03. The Morgan fingerprint density at radius 1 is 1.20 bits per heavy atom. The molecule has 0 aliphatic rings. The lowest BCUT2D eigenvalue weighted by Gasteiger charge is -2.12. The zero-order valence-corrected chi connectivity index (χ0v) is 13.2. The van der Waals surface area contributed by atoms with E-state index in [0.29, 0.717) is 0 Å². The summed E-state index contributed by atoms with van der Waals surface area (Å²) >= 11 is 5.72. The summed E-state index contributed by atoms with van der Waals surface area (Å²) in [6.07, 6.45) is -4.74. The van der Waals surface area contributed by atoms with Gasteiger partial charge in [0, 0.05) is 5.02 Å². The van der Waals surface area contributed by atoms with Gasteiger partial charge in [-0.2, -0.15) is 13.2 Å². The number of carbonyl (C=O) groups excluding carboxylic acids is 1. The van der Waals surface area contributed by atoms with Gasteiger partial charge >= 0.3 is 6.18 Å². The number of para-hydroxylation sites is 2. The van der Waals surface area contributed by atoms with E-state index in [1.807, 2.05) is 0 Å². The minimum atomic E-state index is -4.74. The Balaban J connectivity index is 1.94. The Morgan fingerprint density at radius 3 is 2.64 bits per heavy atom. The number of anilines is 1. The number of amides is 1. The number of alkyl halides is 3. The van der Waals surface area contributed by atoms with Crippen molar-refractivity contribution in [2.24, 2.45) is 0 Å². The Hall–Kier alpha value is -2.61. The number of hydrogen-bond donors (Lipinski definition) is 1. The zero-order valence-electron chi connectivity index (χ0n) is 12.4. The number of benzene rings is 2. The third kappa shape index (κ3) is 3.58. The van der Waals surface area contributed by atoms with Gasteiger partial charge in [0.05, 0.1) is 16.7 Å². The molecule has 0 spiro atoms. The second-order valence-electron chi connectivity index (χ2n) is 5.18. The van der Waals surface area contributed by atoms with Crippen LogP contribution in [0.4, 0.5) is 23.2 Å². The SMILES string of the molecule is O=C(Cn1c(C(F)(F)F)nc2ccccc21)Nc1cc(Cl)ccc1F. The molecule has 0 aliphatic heterocycles. The molecule has 9 heteroatoms. The summed E-state index contributed by atoms with van der Waals surface area (Å²) in [4.78, 5) is 15.7. The topological polar surface area (TPSA) is 46.9 Å². The molecule has 0 atom stereocenters. The van der Waals surface area contributed by atoms with Gasteiger partial charge in [0.1, 0.15) is 12.4 Å². The standard InChI is InChI=1S/C16H10ClF4N3O/c17-9-5-6-10(18)12(7-9)22-14(25)8-24-13-4-2-1-3-11(13)23-15(24)16(19,20)21/h1-7H,8H2,(H,22,25). The summed E-state index contributed by atoms with van der Waals surface area (Å²) in [6.45, 7) is -0.679. The minimum absolute atomic E-state index is 0.108. The number of nitrogens with one attached hydrogen (secondary N) is 1. The molecule has 4 nitrogen and oxygen atoms in total. The second-order valence-corrected chi connectivity index (χ2v) is 5.62. The Bertz CT molecular complexity index is 952. The second kappa shape index (κ2) is 6.36. The molecule has 0 aliphatic carbocycles. The van der Waals surface area contributed by atoms with E-state index in [2.05, 4.69) is 10.3 Å². The lowest BCUT2D eigenvalue weighted by Crippen LogP contribution is -2.23. The maximum atomic E-state index is 13.7. The highest BCUT2D eigenvalue weighted by Gasteiger charge is 2.38. The fourth-order valence-corrected chi connectivity index (χ4v) is 2.55. The average Bonchev–Trinajstić information content (AvgIpc) is 2.90. The van der Waals surface area contributed by atoms with Crippen LogP contribution in [0.25, 0.3) is 11.0 Å². The van der Waals surface area contributed by atoms with Crippen molar-refractivity contribution in [3.63, 3.8) is 0 Å². The van der Waals surface area contributed by atoms with E-state index in [1.165, 1.54) is 30.3 Å². The highest BCUT2D eigenvalue weighted by Crippen LogP contribution is 2.31. The van der Waals surface area contributed by atoms with E-state index in [4.69, 9.17) is 11.6 Å². The van der Waals surface area contributed by atoms with Crippen LogP contribution in [0.2, 0.25) is 5.02 Å². The predicted octanol–water partition coefficient (Wildman–Crippen LogP) is 4.49. The van der Waals surface area contributed by atoms with Crippen molar-refractivity contribution in [2.75, 3.05) is 5.32 Å². The minimum Gasteiger partial charge on any atom is -0.322 e. The number of halogens is 5. The van der Waals surface area contributed by atoms with Crippen LogP contribution in [0.15, 0.2) is 42.5 Å². The maximum Gasteiger partial charge on any atom is 0.449 e. The molecule has 1 N–H and O–H groups in total. The predicted molar refractivity (Wildman–Crippen MR) is 84.8 cm³/mol. The van der Waals surface area contributed by atoms with Crippen molar-refractivity contribution < 1.29 is 22.4 Å². The van der Waals surface area contributed by atoms with Crippen molar-refractivity contribution >= 4 is 34.2 Å². The number of fused-ring (bicyclic) bond motifs is 1. The summed E-state index contributed by atoms with van der Waals surface area (Å²) in [5.41, 5.74) is 0.0450. The molecule has 25 heavy (non-hydrogen) atoms. The van der Waals surface area contributed by atoms with Crippen molar-refractivity contribution in [3.05, 3.63) is 59.1 Å². The van der Waals surface area contributed by atoms with Crippen LogP contribution in [0.1, 0.15) is 5.82 Å². The number of imidazole rings is 1. The number of rotatable bonds is 3. The van der Waals surface area contributed by atoms with Crippen molar-refractivity contribution in [1.82, 2.24) is 9.55 Å². The van der Waals surface area contributed by atoms with Gasteiger partial charge < -0.3 is 9.88 Å². The van der Waals surface area contributed by atoms with Gasteiger partial charge in [0.25, 0.3) is 0 Å². The highest BCUT2D eigenvalue weighted by atomic mass is 35.5. The molecule has 0 saturated heterocycles. The van der Waals surface area contributed by atoms with Crippen LogP contribution in [-0.4, -0.2) is 15.5 Å². The van der Waals surface area contributed by atoms with Crippen LogP contribution in [0.5, 0.6) is 0 Å². The van der Waals surface area contributed by atoms with Gasteiger partial charge in [-0.1, -0.05) is 23.7 Å². The summed E-state index contributed by atoms with van der Waals surface area (Å²) in [5.74, 6) is -2.78. The summed E-state index contributed by atoms with van der Waals surface area (Å²) in [7, 11) is 0. The number of carbonyl (C=O) groups is 1. The van der Waals surface area contributed by atoms with Crippen LogP contribution in [0.3, 0.4) is 0 Å². The summed E-state index contributed by atoms with van der Waals surface area (Å²) in [5, 5.41) is 2.40. The molecule has 0 saturated carbocycles. The van der Waals surface area contributed by atoms with Crippen LogP contribution in [0, 0.1) is 5.82 Å². The number of hydrogen-bond acceptors (Lipinski definition) is 2. The van der Waals surface area contributed by atoms with Gasteiger partial charge in [-0.25, -0.2) is 9.37 Å². The molecule has 1 amide bonds. The number of nitrogens with zero attached hydrogens (tertiary/aromatic N) is 2. The molecule has 3 rings (SSSR count). The summed E-state index contributed by atoms with van der Waals surface area (Å²) < 4.78 is 54.0. The maximum absolute atomic E-state index is 13.7. The van der Waals surface area contributed by atoms with Gasteiger partial charge in [0.15, 0.2) is 0 Å². The summed E-state index contributed by atoms with van der Waals surface area (Å²) in [6, 6.07) is 9.42. The fraction of sp³-hybridized carbons (Fsp3) is 0.125. The van der Waals surface area contributed by atoms with Crippen molar-refractivity contribution in [2.45, 2.75) is 12.7 Å². The smallest absolute Gasteiger partial charge is 0.322 e. The third-order valence-electron chi connectivity index (χ3n) is 3.41. The molecule has 1 aromatic heterocycles. The number of aromatic nitrogens is 2. The Labute approximate surface area is 144 Å². The average molecular weight is 372 g/mol. The van der Waals surface area contributed by atoms with E-state index >= 15 is 0 Å². The molecule has 2 aromatic carbocycles. The quantitative estimate of drug-likeness (QED) is 0.690. The molecular weight excluding hydrogens is 362 g/mol. The van der Waals surface area contributed by atoms with E-state index in [1.54, 1.807) is 6.07 Å². The normalized spacial score (nSPS) is 11.7. The molecule has 0 fully saturated rings. The molecular formula is C16H10ClF4N3O. The van der Waals surface area contributed by atoms with Crippen molar-refractivity contribution in [3.8, 4) is 0 Å². The lowest BCUT2D eigenvalue weighted by atomic mass is 10.3. The third-order valence-corrected chi connectivity index (χ3v) is 3.65. The largest absolute Gasteiger partial charge is 0.449 e. The monoisotopic (exact) mass is 371 g/mol. The first kappa shape index (κ1) is 17.2. The van der Waals surface area contributed by atoms with Crippen LogP contribution in [-0.2, 0) is 17.5 Å².